The minimum atomic E-state index is -0.000000000000000444. The Labute approximate surface area is 59.7 Å². The fourth-order valence-corrected chi connectivity index (χ4v) is 1.59. The van der Waals surface area contributed by atoms with E-state index < -0.39 is 0 Å². The Kier molecular flexibility index (Phi) is 1.20. The van der Waals surface area contributed by atoms with Crippen LogP contribution in [0.4, 0.5) is 0 Å². The van der Waals surface area contributed by atoms with E-state index >= 15 is 0 Å². The Morgan fingerprint density at radius 1 is 1.60 bits per heavy atom. The highest BCUT2D eigenvalue weighted by Gasteiger charge is 2.48. The lowest BCUT2D eigenvalue weighted by atomic mass is 10.1. The largest absolute Gasteiger partial charge is 0.449 e. The lowest BCUT2D eigenvalue weighted by Gasteiger charge is -2.05. The molecule has 1 spiro atoms. The maximum Gasteiger partial charge on any atom is 0.294 e. The molecule has 1 saturated carbocycles. The summed E-state index contributed by atoms with van der Waals surface area (Å²) in [4.78, 5) is 9.93. The van der Waals surface area contributed by atoms with Gasteiger partial charge in [-0.25, -0.2) is 0 Å². The number of rotatable bonds is 2. The first kappa shape index (κ1) is 6.16. The zero-order valence-corrected chi connectivity index (χ0v) is 5.80. The number of carbonyl (C=O) groups excluding carboxylic acids is 1. The van der Waals surface area contributed by atoms with Gasteiger partial charge >= 0.3 is 0 Å². The van der Waals surface area contributed by atoms with Crippen LogP contribution in [0.1, 0.15) is 19.3 Å². The third kappa shape index (κ3) is 0.904. The van der Waals surface area contributed by atoms with Crippen molar-refractivity contribution in [1.82, 2.24) is 5.32 Å². The first-order chi connectivity index (χ1) is 4.85. The standard InChI is InChI=1S/C7H11NO2/c9-5-10-6-3-7(1-2-7)4-8-6/h5-6,8H,1-4H2. The molecule has 1 saturated heterocycles. The van der Waals surface area contributed by atoms with Crippen LogP contribution in [0.2, 0.25) is 0 Å². The third-order valence-corrected chi connectivity index (χ3v) is 2.50. The van der Waals surface area contributed by atoms with Gasteiger partial charge in [-0.1, -0.05) is 0 Å². The van der Waals surface area contributed by atoms with E-state index in [9.17, 15) is 4.79 Å². The fraction of sp³-hybridized carbons (Fsp3) is 0.857. The van der Waals surface area contributed by atoms with Gasteiger partial charge in [-0.05, 0) is 18.3 Å². The molecule has 2 fully saturated rings. The van der Waals surface area contributed by atoms with Gasteiger partial charge in [-0.2, -0.15) is 0 Å². The van der Waals surface area contributed by atoms with Gasteiger partial charge in [0.25, 0.3) is 6.47 Å². The number of ether oxygens (including phenoxy) is 1. The van der Waals surface area contributed by atoms with E-state index in [0.29, 0.717) is 11.9 Å². The number of hydrogen-bond acceptors (Lipinski definition) is 3. The summed E-state index contributed by atoms with van der Waals surface area (Å²) in [6.07, 6.45) is 3.63. The second-order valence-corrected chi connectivity index (χ2v) is 3.31. The molecule has 10 heavy (non-hydrogen) atoms. The summed E-state index contributed by atoms with van der Waals surface area (Å²) in [6.45, 7) is 1.56. The van der Waals surface area contributed by atoms with Gasteiger partial charge in [-0.3, -0.25) is 10.1 Å². The molecule has 3 nitrogen and oxygen atoms in total. The Hall–Kier alpha value is -0.570. The predicted molar refractivity (Wildman–Crippen MR) is 35.2 cm³/mol. The maximum absolute atomic E-state index is 9.93. The molecule has 0 bridgehead atoms. The highest BCUT2D eigenvalue weighted by Crippen LogP contribution is 2.51. The molecule has 2 rings (SSSR count). The van der Waals surface area contributed by atoms with Crippen molar-refractivity contribution >= 4 is 6.47 Å². The van der Waals surface area contributed by atoms with Crippen molar-refractivity contribution in [1.29, 1.82) is 0 Å². The van der Waals surface area contributed by atoms with Gasteiger partial charge in [0, 0.05) is 13.0 Å². The van der Waals surface area contributed by atoms with Gasteiger partial charge in [0.15, 0.2) is 6.23 Å². The van der Waals surface area contributed by atoms with Crippen LogP contribution in [0.25, 0.3) is 0 Å². The van der Waals surface area contributed by atoms with E-state index in [0.717, 1.165) is 13.0 Å². The van der Waals surface area contributed by atoms with E-state index in [2.05, 4.69) is 5.32 Å². The average Bonchev–Trinajstić information content (AvgIpc) is 2.52. The van der Waals surface area contributed by atoms with Crippen molar-refractivity contribution in [3.05, 3.63) is 0 Å². The van der Waals surface area contributed by atoms with Crippen LogP contribution in [0.3, 0.4) is 0 Å². The van der Waals surface area contributed by atoms with Crippen LogP contribution in [0.5, 0.6) is 0 Å². The molecule has 0 aromatic rings. The molecule has 1 aliphatic heterocycles. The normalized spacial score (nSPS) is 34.2. The van der Waals surface area contributed by atoms with E-state index in [1.165, 1.54) is 12.8 Å². The molecular weight excluding hydrogens is 130 g/mol. The zero-order chi connectivity index (χ0) is 7.03. The van der Waals surface area contributed by atoms with Gasteiger partial charge in [0.1, 0.15) is 0 Å². The SMILES string of the molecule is O=COC1CC2(CC2)CN1. The topological polar surface area (TPSA) is 38.3 Å². The summed E-state index contributed by atoms with van der Waals surface area (Å²) in [6, 6.07) is 0. The summed E-state index contributed by atoms with van der Waals surface area (Å²) < 4.78 is 4.79. The van der Waals surface area contributed by atoms with Crippen molar-refractivity contribution in [2.24, 2.45) is 5.41 Å². The Morgan fingerprint density at radius 2 is 2.40 bits per heavy atom. The Morgan fingerprint density at radius 3 is 2.90 bits per heavy atom. The van der Waals surface area contributed by atoms with Gasteiger partial charge in [0.2, 0.25) is 0 Å². The highest BCUT2D eigenvalue weighted by molar-refractivity contribution is 5.37. The molecule has 1 unspecified atom stereocenters. The molecule has 1 heterocycles. The summed E-state index contributed by atoms with van der Waals surface area (Å²) in [7, 11) is 0. The number of hydrogen-bond donors (Lipinski definition) is 1. The number of nitrogens with one attached hydrogen (secondary N) is 1. The van der Waals surface area contributed by atoms with Crippen LogP contribution >= 0.6 is 0 Å². The summed E-state index contributed by atoms with van der Waals surface area (Å²) in [5.41, 5.74) is 0.522. The lowest BCUT2D eigenvalue weighted by molar-refractivity contribution is -0.134. The molecule has 1 atom stereocenters. The van der Waals surface area contributed by atoms with E-state index in [1.54, 1.807) is 0 Å². The molecule has 0 aromatic carbocycles. The average molecular weight is 141 g/mol. The quantitative estimate of drug-likeness (QED) is 0.560. The molecule has 1 aliphatic carbocycles. The summed E-state index contributed by atoms with van der Waals surface area (Å²) >= 11 is 0. The summed E-state index contributed by atoms with van der Waals surface area (Å²) in [5, 5.41) is 3.16. The summed E-state index contributed by atoms with van der Waals surface area (Å²) in [5.74, 6) is 0. The van der Waals surface area contributed by atoms with Crippen LogP contribution in [0.15, 0.2) is 0 Å². The molecule has 56 valence electrons. The van der Waals surface area contributed by atoms with Crippen LogP contribution < -0.4 is 5.32 Å². The van der Waals surface area contributed by atoms with Crippen LogP contribution in [-0.2, 0) is 9.53 Å². The third-order valence-electron chi connectivity index (χ3n) is 2.50. The first-order valence-corrected chi connectivity index (χ1v) is 3.67. The molecular formula is C7H11NO2. The molecule has 0 radical (unpaired) electrons. The van der Waals surface area contributed by atoms with Crippen LogP contribution in [0, 0.1) is 5.41 Å². The van der Waals surface area contributed by atoms with Crippen molar-refractivity contribution in [3.8, 4) is 0 Å². The van der Waals surface area contributed by atoms with Crippen molar-refractivity contribution in [2.45, 2.75) is 25.5 Å². The first-order valence-electron chi connectivity index (χ1n) is 3.67. The van der Waals surface area contributed by atoms with Gasteiger partial charge < -0.3 is 4.74 Å². The molecule has 3 heteroatoms. The fourth-order valence-electron chi connectivity index (χ4n) is 1.59. The molecule has 0 aromatic heterocycles. The monoisotopic (exact) mass is 141 g/mol. The minimum Gasteiger partial charge on any atom is -0.449 e. The van der Waals surface area contributed by atoms with Gasteiger partial charge in [-0.15, -0.1) is 0 Å². The second kappa shape index (κ2) is 1.95. The molecule has 2 aliphatic rings. The van der Waals surface area contributed by atoms with Crippen molar-refractivity contribution in [2.75, 3.05) is 6.54 Å². The van der Waals surface area contributed by atoms with Crippen LogP contribution in [-0.4, -0.2) is 19.2 Å². The highest BCUT2D eigenvalue weighted by atomic mass is 16.5. The predicted octanol–water partition coefficient (Wildman–Crippen LogP) is 0.259. The molecule has 1 N–H and O–H groups in total. The van der Waals surface area contributed by atoms with E-state index in [-0.39, 0.29) is 6.23 Å². The second-order valence-electron chi connectivity index (χ2n) is 3.31. The Bertz CT molecular complexity index is 154. The molecule has 0 amide bonds. The van der Waals surface area contributed by atoms with E-state index in [4.69, 9.17) is 4.74 Å². The lowest BCUT2D eigenvalue weighted by Crippen LogP contribution is -2.23. The van der Waals surface area contributed by atoms with Crippen molar-refractivity contribution in [3.63, 3.8) is 0 Å². The Balaban J connectivity index is 1.87. The van der Waals surface area contributed by atoms with Crippen molar-refractivity contribution < 1.29 is 9.53 Å². The smallest absolute Gasteiger partial charge is 0.294 e. The minimum absolute atomic E-state index is 0.000000000000000444. The zero-order valence-electron chi connectivity index (χ0n) is 5.80. The van der Waals surface area contributed by atoms with Gasteiger partial charge in [0.05, 0.1) is 0 Å². The van der Waals surface area contributed by atoms with E-state index in [1.807, 2.05) is 0 Å². The maximum atomic E-state index is 9.93. The number of carbonyl (C=O) groups is 1.